The van der Waals surface area contributed by atoms with Crippen molar-refractivity contribution in [1.29, 1.82) is 0 Å². The van der Waals surface area contributed by atoms with Crippen LogP contribution in [0.1, 0.15) is 16.7 Å². The Hall–Kier alpha value is -3.86. The van der Waals surface area contributed by atoms with Gasteiger partial charge in [-0.2, -0.15) is 0 Å². The summed E-state index contributed by atoms with van der Waals surface area (Å²) in [7, 11) is 3.89. The number of rotatable bonds is 5. The van der Waals surface area contributed by atoms with Gasteiger partial charge in [-0.25, -0.2) is 4.90 Å². The van der Waals surface area contributed by atoms with Gasteiger partial charge in [-0.05, 0) is 55.3 Å². The molecule has 0 fully saturated rings. The molecule has 3 aromatic carbocycles. The van der Waals surface area contributed by atoms with Crippen molar-refractivity contribution in [2.75, 3.05) is 29.2 Å². The van der Waals surface area contributed by atoms with Crippen molar-refractivity contribution < 1.29 is 9.59 Å². The van der Waals surface area contributed by atoms with Crippen LogP contribution in [0.25, 0.3) is 5.57 Å². The molecule has 1 heterocycles. The number of nitrogens with zero attached hydrogens (tertiary/aromatic N) is 2. The number of hydrogen-bond acceptors (Lipinski definition) is 4. The van der Waals surface area contributed by atoms with Crippen LogP contribution in [-0.2, 0) is 9.59 Å². The molecule has 5 heteroatoms. The second-order valence-corrected chi connectivity index (χ2v) is 7.92. The Bertz CT molecular complexity index is 1180. The smallest absolute Gasteiger partial charge is 0.282 e. The average Bonchev–Trinajstić information content (AvgIpc) is 3.00. The SMILES string of the molecule is Cc1ccc(NC2=C(c3ccccc3)C(=O)N(c3ccc(N(C)C)cc3)C2=O)c(C)c1. The van der Waals surface area contributed by atoms with Gasteiger partial charge in [-0.1, -0.05) is 48.0 Å². The van der Waals surface area contributed by atoms with Crippen LogP contribution in [0.4, 0.5) is 17.1 Å². The fraction of sp³-hybridized carbons (Fsp3) is 0.154. The van der Waals surface area contributed by atoms with Gasteiger partial charge in [0.25, 0.3) is 11.8 Å². The Morgan fingerprint density at radius 2 is 1.48 bits per heavy atom. The molecule has 1 N–H and O–H groups in total. The molecule has 2 amide bonds. The first kappa shape index (κ1) is 20.4. The molecule has 0 bridgehead atoms. The number of carbonyl (C=O) groups is 2. The largest absolute Gasteiger partial charge is 0.378 e. The van der Waals surface area contributed by atoms with Crippen molar-refractivity contribution >= 4 is 34.4 Å². The minimum absolute atomic E-state index is 0.292. The van der Waals surface area contributed by atoms with Gasteiger partial charge < -0.3 is 10.2 Å². The molecule has 1 aliphatic rings. The molecular formula is C26H25N3O2. The maximum absolute atomic E-state index is 13.5. The van der Waals surface area contributed by atoms with E-state index in [0.717, 1.165) is 22.5 Å². The van der Waals surface area contributed by atoms with Gasteiger partial charge in [0.05, 0.1) is 11.3 Å². The van der Waals surface area contributed by atoms with Crippen LogP contribution in [0.2, 0.25) is 0 Å². The summed E-state index contributed by atoms with van der Waals surface area (Å²) < 4.78 is 0. The Morgan fingerprint density at radius 3 is 2.10 bits per heavy atom. The number of carbonyl (C=O) groups excluding carboxylic acids is 2. The summed E-state index contributed by atoms with van der Waals surface area (Å²) in [6.07, 6.45) is 0. The van der Waals surface area contributed by atoms with Gasteiger partial charge in [-0.15, -0.1) is 0 Å². The maximum Gasteiger partial charge on any atom is 0.282 e. The van der Waals surface area contributed by atoms with Gasteiger partial charge in [0.15, 0.2) is 0 Å². The molecule has 3 aromatic rings. The molecule has 156 valence electrons. The van der Waals surface area contributed by atoms with Crippen molar-refractivity contribution in [3.8, 4) is 0 Å². The van der Waals surface area contributed by atoms with E-state index in [2.05, 4.69) is 5.32 Å². The summed E-state index contributed by atoms with van der Waals surface area (Å²) in [6.45, 7) is 4.01. The number of amides is 2. The first-order valence-electron chi connectivity index (χ1n) is 10.2. The Balaban J connectivity index is 1.79. The lowest BCUT2D eigenvalue weighted by Crippen LogP contribution is -2.32. The van der Waals surface area contributed by atoms with E-state index in [-0.39, 0.29) is 11.8 Å². The van der Waals surface area contributed by atoms with E-state index >= 15 is 0 Å². The molecule has 31 heavy (non-hydrogen) atoms. The number of hydrogen-bond donors (Lipinski definition) is 1. The zero-order chi connectivity index (χ0) is 22.1. The number of imide groups is 1. The first-order chi connectivity index (χ1) is 14.9. The summed E-state index contributed by atoms with van der Waals surface area (Å²) in [5.41, 5.74) is 5.87. The van der Waals surface area contributed by atoms with Gasteiger partial charge >= 0.3 is 0 Å². The molecule has 4 rings (SSSR count). The fourth-order valence-electron chi connectivity index (χ4n) is 3.74. The summed E-state index contributed by atoms with van der Waals surface area (Å²) in [5.74, 6) is -0.692. The van der Waals surface area contributed by atoms with E-state index in [4.69, 9.17) is 0 Å². The molecule has 0 saturated carbocycles. The third-order valence-electron chi connectivity index (χ3n) is 5.41. The second kappa shape index (κ2) is 8.11. The number of nitrogens with one attached hydrogen (secondary N) is 1. The zero-order valence-corrected chi connectivity index (χ0v) is 18.1. The van der Waals surface area contributed by atoms with E-state index in [9.17, 15) is 9.59 Å². The van der Waals surface area contributed by atoms with Crippen molar-refractivity contribution in [3.05, 3.63) is 95.2 Å². The average molecular weight is 412 g/mol. The molecule has 0 radical (unpaired) electrons. The lowest BCUT2D eigenvalue weighted by Gasteiger charge is -2.18. The molecule has 0 unspecified atom stereocenters. The lowest BCUT2D eigenvalue weighted by molar-refractivity contribution is -0.120. The van der Waals surface area contributed by atoms with E-state index < -0.39 is 0 Å². The quantitative estimate of drug-likeness (QED) is 0.615. The molecule has 0 aromatic heterocycles. The second-order valence-electron chi connectivity index (χ2n) is 7.92. The highest BCUT2D eigenvalue weighted by molar-refractivity contribution is 6.46. The van der Waals surface area contributed by atoms with Crippen LogP contribution < -0.4 is 15.1 Å². The van der Waals surface area contributed by atoms with Crippen LogP contribution in [0.5, 0.6) is 0 Å². The predicted molar refractivity (Wildman–Crippen MR) is 126 cm³/mol. The van der Waals surface area contributed by atoms with Gasteiger partial charge in [-0.3, -0.25) is 9.59 Å². The molecule has 0 spiro atoms. The molecule has 0 atom stereocenters. The van der Waals surface area contributed by atoms with Crippen molar-refractivity contribution in [1.82, 2.24) is 0 Å². The van der Waals surface area contributed by atoms with E-state index in [1.807, 2.05) is 93.5 Å². The van der Waals surface area contributed by atoms with Gasteiger partial charge in [0.2, 0.25) is 0 Å². The fourth-order valence-corrected chi connectivity index (χ4v) is 3.74. The molecule has 0 saturated heterocycles. The Morgan fingerprint density at radius 1 is 0.806 bits per heavy atom. The molecule has 1 aliphatic heterocycles. The third-order valence-corrected chi connectivity index (χ3v) is 5.41. The lowest BCUT2D eigenvalue weighted by atomic mass is 10.0. The summed E-state index contributed by atoms with van der Waals surface area (Å²) in [4.78, 5) is 30.2. The van der Waals surface area contributed by atoms with Crippen molar-refractivity contribution in [2.24, 2.45) is 0 Å². The van der Waals surface area contributed by atoms with E-state index in [0.29, 0.717) is 22.5 Å². The maximum atomic E-state index is 13.5. The van der Waals surface area contributed by atoms with Gasteiger partial charge in [0.1, 0.15) is 5.70 Å². The zero-order valence-electron chi connectivity index (χ0n) is 18.1. The standard InChI is InChI=1S/C26H25N3O2/c1-17-10-15-22(18(2)16-17)27-24-23(19-8-6-5-7-9-19)25(30)29(26(24)31)21-13-11-20(12-14-21)28(3)4/h5-16,27H,1-4H3. The van der Waals surface area contributed by atoms with Crippen LogP contribution in [0, 0.1) is 13.8 Å². The summed E-state index contributed by atoms with van der Waals surface area (Å²) in [5, 5.41) is 3.25. The van der Waals surface area contributed by atoms with E-state index in [1.165, 1.54) is 4.90 Å². The van der Waals surface area contributed by atoms with Gasteiger partial charge in [0, 0.05) is 25.5 Å². The normalized spacial score (nSPS) is 13.7. The third kappa shape index (κ3) is 3.82. The highest BCUT2D eigenvalue weighted by Gasteiger charge is 2.40. The molecule has 5 nitrogen and oxygen atoms in total. The van der Waals surface area contributed by atoms with Crippen LogP contribution in [0.15, 0.2) is 78.5 Å². The Kier molecular flexibility index (Phi) is 5.34. The van der Waals surface area contributed by atoms with Crippen molar-refractivity contribution in [3.63, 3.8) is 0 Å². The minimum atomic E-state index is -0.360. The molecular weight excluding hydrogens is 386 g/mol. The number of aryl methyl sites for hydroxylation is 2. The Labute approximate surface area is 182 Å². The summed E-state index contributed by atoms with van der Waals surface area (Å²) in [6, 6.07) is 22.7. The van der Waals surface area contributed by atoms with Crippen LogP contribution in [-0.4, -0.2) is 25.9 Å². The number of anilines is 3. The van der Waals surface area contributed by atoms with E-state index in [1.54, 1.807) is 12.1 Å². The number of benzene rings is 3. The molecule has 0 aliphatic carbocycles. The van der Waals surface area contributed by atoms with Crippen LogP contribution in [0.3, 0.4) is 0 Å². The monoisotopic (exact) mass is 411 g/mol. The summed E-state index contributed by atoms with van der Waals surface area (Å²) >= 11 is 0. The van der Waals surface area contributed by atoms with Crippen molar-refractivity contribution in [2.45, 2.75) is 13.8 Å². The predicted octanol–water partition coefficient (Wildman–Crippen LogP) is 4.77. The highest BCUT2D eigenvalue weighted by atomic mass is 16.2. The first-order valence-corrected chi connectivity index (χ1v) is 10.2. The highest BCUT2D eigenvalue weighted by Crippen LogP contribution is 2.34. The minimum Gasteiger partial charge on any atom is -0.378 e. The van der Waals surface area contributed by atoms with Crippen LogP contribution >= 0.6 is 0 Å². The topological polar surface area (TPSA) is 52.7 Å².